The first kappa shape index (κ1) is 14.6. The first-order valence-corrected chi connectivity index (χ1v) is 6.56. The zero-order valence-electron chi connectivity index (χ0n) is 11.8. The van der Waals surface area contributed by atoms with Crippen molar-refractivity contribution in [2.24, 2.45) is 5.73 Å². The summed E-state index contributed by atoms with van der Waals surface area (Å²) >= 11 is 0. The number of aryl methyl sites for hydroxylation is 2. The van der Waals surface area contributed by atoms with Crippen LogP contribution in [0.4, 0.5) is 8.78 Å². The van der Waals surface area contributed by atoms with Crippen LogP contribution >= 0.6 is 0 Å². The Morgan fingerprint density at radius 2 is 1.85 bits per heavy atom. The third kappa shape index (κ3) is 2.85. The molecule has 2 rings (SSSR count). The number of nitrogens with zero attached hydrogens (tertiary/aromatic N) is 3. The van der Waals surface area contributed by atoms with Gasteiger partial charge in [-0.05, 0) is 44.4 Å². The predicted molar refractivity (Wildman–Crippen MR) is 72.7 cm³/mol. The third-order valence-electron chi connectivity index (χ3n) is 3.19. The van der Waals surface area contributed by atoms with Crippen molar-refractivity contribution in [3.05, 3.63) is 41.0 Å². The Balaban J connectivity index is 2.44. The smallest absolute Gasteiger partial charge is 0.152 e. The lowest BCUT2D eigenvalue weighted by Crippen LogP contribution is -2.21. The molecule has 1 aromatic heterocycles. The fourth-order valence-corrected chi connectivity index (χ4v) is 2.12. The number of aromatic nitrogens is 3. The van der Waals surface area contributed by atoms with Crippen LogP contribution in [-0.4, -0.2) is 20.8 Å². The van der Waals surface area contributed by atoms with Crippen LogP contribution in [0.3, 0.4) is 0 Å². The van der Waals surface area contributed by atoms with Crippen LogP contribution in [0.5, 0.6) is 0 Å². The SMILES string of the molecule is CCC(N)Cc1cc(F)c(-n2nc(C)nc2C)c(F)c1. The average Bonchev–Trinajstić information content (AvgIpc) is 2.67. The molecule has 0 bridgehead atoms. The summed E-state index contributed by atoms with van der Waals surface area (Å²) in [6.07, 6.45) is 1.20. The van der Waals surface area contributed by atoms with E-state index in [0.29, 0.717) is 23.6 Å². The van der Waals surface area contributed by atoms with E-state index < -0.39 is 11.6 Å². The van der Waals surface area contributed by atoms with Gasteiger partial charge in [0.25, 0.3) is 0 Å². The number of hydrogen-bond acceptors (Lipinski definition) is 3. The molecular formula is C14H18F2N4. The molecular weight excluding hydrogens is 262 g/mol. The molecule has 20 heavy (non-hydrogen) atoms. The fraction of sp³-hybridized carbons (Fsp3) is 0.429. The third-order valence-corrected chi connectivity index (χ3v) is 3.19. The highest BCUT2D eigenvalue weighted by Crippen LogP contribution is 2.21. The Labute approximate surface area is 116 Å². The summed E-state index contributed by atoms with van der Waals surface area (Å²) in [5, 5.41) is 4.01. The van der Waals surface area contributed by atoms with Gasteiger partial charge in [-0.1, -0.05) is 6.92 Å². The second-order valence-corrected chi connectivity index (χ2v) is 4.90. The summed E-state index contributed by atoms with van der Waals surface area (Å²) in [5.41, 5.74) is 6.16. The van der Waals surface area contributed by atoms with Crippen molar-refractivity contribution in [3.8, 4) is 5.69 Å². The summed E-state index contributed by atoms with van der Waals surface area (Å²) in [7, 11) is 0. The van der Waals surface area contributed by atoms with Gasteiger partial charge < -0.3 is 5.73 Å². The molecule has 1 atom stereocenters. The maximum atomic E-state index is 14.2. The largest absolute Gasteiger partial charge is 0.327 e. The Bertz CT molecular complexity index is 599. The van der Waals surface area contributed by atoms with Crippen LogP contribution < -0.4 is 5.73 Å². The van der Waals surface area contributed by atoms with E-state index in [1.165, 1.54) is 16.8 Å². The number of halogens is 2. The van der Waals surface area contributed by atoms with Crippen LogP contribution in [0.15, 0.2) is 12.1 Å². The Morgan fingerprint density at radius 3 is 2.30 bits per heavy atom. The second-order valence-electron chi connectivity index (χ2n) is 4.90. The molecule has 4 nitrogen and oxygen atoms in total. The number of rotatable bonds is 4. The maximum Gasteiger partial charge on any atom is 0.152 e. The molecule has 0 fully saturated rings. The van der Waals surface area contributed by atoms with Gasteiger partial charge in [-0.3, -0.25) is 0 Å². The number of nitrogens with two attached hydrogens (primary N) is 1. The van der Waals surface area contributed by atoms with Crippen LogP contribution in [0.25, 0.3) is 5.69 Å². The highest BCUT2D eigenvalue weighted by Gasteiger charge is 2.17. The molecule has 6 heteroatoms. The van der Waals surface area contributed by atoms with E-state index in [9.17, 15) is 8.78 Å². The Hall–Kier alpha value is -1.82. The van der Waals surface area contributed by atoms with Crippen molar-refractivity contribution in [2.45, 2.75) is 39.7 Å². The molecule has 1 aromatic carbocycles. The van der Waals surface area contributed by atoms with E-state index in [-0.39, 0.29) is 11.7 Å². The van der Waals surface area contributed by atoms with Crippen molar-refractivity contribution in [3.63, 3.8) is 0 Å². The van der Waals surface area contributed by atoms with Gasteiger partial charge in [0.2, 0.25) is 0 Å². The molecule has 2 N–H and O–H groups in total. The summed E-state index contributed by atoms with van der Waals surface area (Å²) in [5.74, 6) is -0.399. The van der Waals surface area contributed by atoms with Gasteiger partial charge in [-0.25, -0.2) is 18.4 Å². The molecule has 0 aliphatic rings. The van der Waals surface area contributed by atoms with Gasteiger partial charge in [0.15, 0.2) is 11.6 Å². The van der Waals surface area contributed by atoms with Gasteiger partial charge >= 0.3 is 0 Å². The molecule has 0 aliphatic carbocycles. The van der Waals surface area contributed by atoms with Gasteiger partial charge in [0, 0.05) is 6.04 Å². The Morgan fingerprint density at radius 1 is 1.25 bits per heavy atom. The van der Waals surface area contributed by atoms with Crippen molar-refractivity contribution >= 4 is 0 Å². The minimum atomic E-state index is -0.656. The van der Waals surface area contributed by atoms with E-state index in [0.717, 1.165) is 6.42 Å². The second kappa shape index (κ2) is 5.66. The molecule has 108 valence electrons. The summed E-state index contributed by atoms with van der Waals surface area (Å²) in [6, 6.07) is 2.52. The van der Waals surface area contributed by atoms with E-state index in [4.69, 9.17) is 5.73 Å². The lowest BCUT2D eigenvalue weighted by atomic mass is 10.0. The normalized spacial score (nSPS) is 12.7. The van der Waals surface area contributed by atoms with E-state index in [1.807, 2.05) is 6.92 Å². The van der Waals surface area contributed by atoms with E-state index in [1.54, 1.807) is 13.8 Å². The molecule has 0 saturated heterocycles. The average molecular weight is 280 g/mol. The molecule has 0 aliphatic heterocycles. The quantitative estimate of drug-likeness (QED) is 0.936. The van der Waals surface area contributed by atoms with Crippen molar-refractivity contribution in [1.29, 1.82) is 0 Å². The molecule has 2 aromatic rings. The van der Waals surface area contributed by atoms with Crippen molar-refractivity contribution in [2.75, 3.05) is 0 Å². The summed E-state index contributed by atoms with van der Waals surface area (Å²) in [4.78, 5) is 4.05. The van der Waals surface area contributed by atoms with Gasteiger partial charge in [-0.15, -0.1) is 0 Å². The lowest BCUT2D eigenvalue weighted by molar-refractivity contribution is 0.549. The zero-order chi connectivity index (χ0) is 14.9. The zero-order valence-corrected chi connectivity index (χ0v) is 11.8. The van der Waals surface area contributed by atoms with Gasteiger partial charge in [0.1, 0.15) is 17.3 Å². The predicted octanol–water partition coefficient (Wildman–Crippen LogP) is 2.44. The van der Waals surface area contributed by atoms with Crippen LogP contribution in [0, 0.1) is 25.5 Å². The fourth-order valence-electron chi connectivity index (χ4n) is 2.12. The lowest BCUT2D eigenvalue weighted by Gasteiger charge is -2.12. The molecule has 0 spiro atoms. The molecule has 1 unspecified atom stereocenters. The molecule has 0 saturated carbocycles. The number of hydrogen-bond donors (Lipinski definition) is 1. The van der Waals surface area contributed by atoms with Crippen LogP contribution in [-0.2, 0) is 6.42 Å². The standard InChI is InChI=1S/C14H18F2N4/c1-4-11(17)5-10-6-12(15)14(13(16)7-10)20-9(3)18-8(2)19-20/h6-7,11H,4-5,17H2,1-3H3. The topological polar surface area (TPSA) is 56.7 Å². The van der Waals surface area contributed by atoms with Crippen LogP contribution in [0.1, 0.15) is 30.6 Å². The summed E-state index contributed by atoms with van der Waals surface area (Å²) in [6.45, 7) is 5.26. The first-order valence-electron chi connectivity index (χ1n) is 6.56. The monoisotopic (exact) mass is 280 g/mol. The van der Waals surface area contributed by atoms with Crippen molar-refractivity contribution in [1.82, 2.24) is 14.8 Å². The highest BCUT2D eigenvalue weighted by atomic mass is 19.1. The maximum absolute atomic E-state index is 14.2. The molecule has 1 heterocycles. The minimum absolute atomic E-state index is 0.102. The van der Waals surface area contributed by atoms with Gasteiger partial charge in [-0.2, -0.15) is 5.10 Å². The van der Waals surface area contributed by atoms with E-state index in [2.05, 4.69) is 10.1 Å². The summed E-state index contributed by atoms with van der Waals surface area (Å²) < 4.78 is 29.5. The first-order chi connectivity index (χ1) is 9.42. The highest BCUT2D eigenvalue weighted by molar-refractivity contribution is 5.38. The Kier molecular flexibility index (Phi) is 4.13. The van der Waals surface area contributed by atoms with Crippen molar-refractivity contribution < 1.29 is 8.78 Å². The molecule has 0 radical (unpaired) electrons. The molecule has 0 amide bonds. The van der Waals surface area contributed by atoms with Crippen LogP contribution in [0.2, 0.25) is 0 Å². The van der Waals surface area contributed by atoms with E-state index >= 15 is 0 Å². The van der Waals surface area contributed by atoms with Gasteiger partial charge in [0.05, 0.1) is 0 Å². The number of benzene rings is 1. The minimum Gasteiger partial charge on any atom is -0.327 e.